The predicted molar refractivity (Wildman–Crippen MR) is 82.2 cm³/mol. The largest absolute Gasteiger partial charge is 0.313 e. The van der Waals surface area contributed by atoms with Gasteiger partial charge in [-0.15, -0.1) is 0 Å². The fraction of sp³-hybridized carbons (Fsp3) is 0.600. The summed E-state index contributed by atoms with van der Waals surface area (Å²) in [6.45, 7) is 3.05. The average Bonchev–Trinajstić information content (AvgIpc) is 2.92. The van der Waals surface area contributed by atoms with Gasteiger partial charge in [-0.3, -0.25) is 4.21 Å². The van der Waals surface area contributed by atoms with Gasteiger partial charge in [0.1, 0.15) is 0 Å². The minimum absolute atomic E-state index is 0.368. The molecule has 0 saturated heterocycles. The van der Waals surface area contributed by atoms with Crippen molar-refractivity contribution in [2.24, 2.45) is 5.92 Å². The normalized spacial score (nSPS) is 19.5. The lowest BCUT2D eigenvalue weighted by Gasteiger charge is -2.23. The van der Waals surface area contributed by atoms with Crippen LogP contribution in [0.1, 0.15) is 32.6 Å². The molecule has 1 aliphatic rings. The first-order valence-electron chi connectivity index (χ1n) is 7.08. The van der Waals surface area contributed by atoms with Gasteiger partial charge in [0, 0.05) is 21.7 Å². The molecule has 0 radical (unpaired) electrons. The van der Waals surface area contributed by atoms with E-state index in [-0.39, 0.29) is 0 Å². The fourth-order valence-corrected chi connectivity index (χ4v) is 4.50. The van der Waals surface area contributed by atoms with Crippen LogP contribution in [0, 0.1) is 5.92 Å². The van der Waals surface area contributed by atoms with Gasteiger partial charge in [0.25, 0.3) is 0 Å². The van der Waals surface area contributed by atoms with Crippen molar-refractivity contribution in [3.63, 3.8) is 0 Å². The van der Waals surface area contributed by atoms with Crippen LogP contribution in [0.5, 0.6) is 0 Å². The smallest absolute Gasteiger partial charge is 0.0545 e. The Morgan fingerprint density at radius 2 is 2.16 bits per heavy atom. The molecule has 1 saturated carbocycles. The Morgan fingerprint density at radius 1 is 1.42 bits per heavy atom. The van der Waals surface area contributed by atoms with E-state index in [9.17, 15) is 4.21 Å². The molecule has 4 heteroatoms. The number of rotatable bonds is 6. The van der Waals surface area contributed by atoms with E-state index in [4.69, 9.17) is 11.6 Å². The Bertz CT molecular complexity index is 432. The summed E-state index contributed by atoms with van der Waals surface area (Å²) in [5.41, 5.74) is 0. The minimum Gasteiger partial charge on any atom is -0.313 e. The Hall–Kier alpha value is -0.380. The van der Waals surface area contributed by atoms with Gasteiger partial charge in [0.05, 0.1) is 10.8 Å². The molecule has 2 nitrogen and oxygen atoms in total. The van der Waals surface area contributed by atoms with Crippen molar-refractivity contribution in [3.05, 3.63) is 29.3 Å². The summed E-state index contributed by atoms with van der Waals surface area (Å²) in [5, 5.41) is 4.17. The topological polar surface area (TPSA) is 29.1 Å². The molecule has 0 aromatic heterocycles. The number of benzene rings is 1. The van der Waals surface area contributed by atoms with Crippen molar-refractivity contribution in [1.29, 1.82) is 0 Å². The van der Waals surface area contributed by atoms with E-state index >= 15 is 0 Å². The highest BCUT2D eigenvalue weighted by Crippen LogP contribution is 2.28. The molecule has 0 heterocycles. The molecule has 0 spiro atoms. The molecule has 19 heavy (non-hydrogen) atoms. The van der Waals surface area contributed by atoms with E-state index in [1.807, 2.05) is 24.3 Å². The van der Waals surface area contributed by atoms with Crippen LogP contribution >= 0.6 is 11.6 Å². The maximum absolute atomic E-state index is 12.5. The molecule has 2 unspecified atom stereocenters. The van der Waals surface area contributed by atoms with Crippen LogP contribution in [0.2, 0.25) is 5.02 Å². The van der Waals surface area contributed by atoms with Crippen LogP contribution in [0.25, 0.3) is 0 Å². The van der Waals surface area contributed by atoms with Gasteiger partial charge in [-0.05, 0) is 43.5 Å². The SMILES string of the molecule is CCNC(CS(=O)c1cccc(Cl)c1)C1CCCC1. The van der Waals surface area contributed by atoms with Crippen molar-refractivity contribution in [1.82, 2.24) is 5.32 Å². The number of nitrogens with one attached hydrogen (secondary N) is 1. The molecule has 1 fully saturated rings. The van der Waals surface area contributed by atoms with Gasteiger partial charge in [-0.1, -0.05) is 37.4 Å². The molecule has 0 bridgehead atoms. The highest BCUT2D eigenvalue weighted by molar-refractivity contribution is 7.85. The molecule has 0 aliphatic heterocycles. The minimum atomic E-state index is -0.968. The van der Waals surface area contributed by atoms with Gasteiger partial charge in [0.2, 0.25) is 0 Å². The molecule has 106 valence electrons. The third-order valence-corrected chi connectivity index (χ3v) is 5.50. The Morgan fingerprint density at radius 3 is 2.79 bits per heavy atom. The van der Waals surface area contributed by atoms with E-state index in [0.717, 1.165) is 11.4 Å². The standard InChI is InChI=1S/C15H22ClNOS/c1-2-17-15(12-6-3-4-7-12)11-19(18)14-9-5-8-13(16)10-14/h5,8-10,12,15,17H,2-4,6-7,11H2,1H3. The van der Waals surface area contributed by atoms with Gasteiger partial charge in [-0.2, -0.15) is 0 Å². The Balaban J connectivity index is 2.01. The van der Waals surface area contributed by atoms with Crippen LogP contribution in [0.3, 0.4) is 0 Å². The number of halogens is 1. The van der Waals surface area contributed by atoms with Gasteiger partial charge < -0.3 is 5.32 Å². The molecule has 1 aliphatic carbocycles. The van der Waals surface area contributed by atoms with Crippen LogP contribution in [0.15, 0.2) is 29.2 Å². The van der Waals surface area contributed by atoms with E-state index in [2.05, 4.69) is 12.2 Å². The second-order valence-corrected chi connectivity index (χ2v) is 7.11. The fourth-order valence-electron chi connectivity index (χ4n) is 2.85. The quantitative estimate of drug-likeness (QED) is 0.869. The summed E-state index contributed by atoms with van der Waals surface area (Å²) in [5.74, 6) is 1.38. The van der Waals surface area contributed by atoms with Crippen molar-refractivity contribution >= 4 is 22.4 Å². The van der Waals surface area contributed by atoms with Crippen LogP contribution in [0.4, 0.5) is 0 Å². The van der Waals surface area contributed by atoms with Gasteiger partial charge in [-0.25, -0.2) is 0 Å². The number of hydrogen-bond donors (Lipinski definition) is 1. The zero-order valence-electron chi connectivity index (χ0n) is 11.4. The van der Waals surface area contributed by atoms with Crippen LogP contribution in [-0.4, -0.2) is 22.5 Å². The maximum Gasteiger partial charge on any atom is 0.0545 e. The summed E-state index contributed by atoms with van der Waals surface area (Å²) >= 11 is 5.96. The van der Waals surface area contributed by atoms with Crippen molar-refractivity contribution < 1.29 is 4.21 Å². The molecule has 2 rings (SSSR count). The predicted octanol–water partition coefficient (Wildman–Crippen LogP) is 3.62. The summed E-state index contributed by atoms with van der Waals surface area (Å²) < 4.78 is 12.5. The van der Waals surface area contributed by atoms with E-state index in [1.165, 1.54) is 25.7 Å². The monoisotopic (exact) mass is 299 g/mol. The summed E-state index contributed by atoms with van der Waals surface area (Å²) in [6, 6.07) is 7.77. The zero-order valence-corrected chi connectivity index (χ0v) is 13.0. The van der Waals surface area contributed by atoms with Crippen molar-refractivity contribution in [2.75, 3.05) is 12.3 Å². The second-order valence-electron chi connectivity index (χ2n) is 5.18. The highest BCUT2D eigenvalue weighted by atomic mass is 35.5. The van der Waals surface area contributed by atoms with Gasteiger partial charge >= 0.3 is 0 Å². The molecule has 1 aromatic carbocycles. The van der Waals surface area contributed by atoms with Crippen molar-refractivity contribution in [2.45, 2.75) is 43.5 Å². The zero-order chi connectivity index (χ0) is 13.7. The van der Waals surface area contributed by atoms with Gasteiger partial charge in [0.15, 0.2) is 0 Å². The summed E-state index contributed by atoms with van der Waals surface area (Å²) in [7, 11) is -0.968. The highest BCUT2D eigenvalue weighted by Gasteiger charge is 2.26. The van der Waals surface area contributed by atoms with E-state index < -0.39 is 10.8 Å². The van der Waals surface area contributed by atoms with Crippen LogP contribution in [-0.2, 0) is 10.8 Å². The second kappa shape index (κ2) is 7.41. The first kappa shape index (κ1) is 15.0. The summed E-state index contributed by atoms with van der Waals surface area (Å²) in [4.78, 5) is 0.841. The molecule has 2 atom stereocenters. The first-order chi connectivity index (χ1) is 9.20. The molecule has 0 amide bonds. The molecular formula is C15H22ClNOS. The lowest BCUT2D eigenvalue weighted by atomic mass is 10.00. The third kappa shape index (κ3) is 4.30. The average molecular weight is 300 g/mol. The number of hydrogen-bond acceptors (Lipinski definition) is 2. The Kier molecular flexibility index (Phi) is 5.86. The van der Waals surface area contributed by atoms with Crippen molar-refractivity contribution in [3.8, 4) is 0 Å². The molecule has 1 N–H and O–H groups in total. The Labute approximate surface area is 123 Å². The third-order valence-electron chi connectivity index (χ3n) is 3.83. The molecular weight excluding hydrogens is 278 g/mol. The van der Waals surface area contributed by atoms with E-state index in [0.29, 0.717) is 22.7 Å². The van der Waals surface area contributed by atoms with E-state index in [1.54, 1.807) is 0 Å². The maximum atomic E-state index is 12.5. The van der Waals surface area contributed by atoms with Crippen LogP contribution < -0.4 is 5.32 Å². The molecule has 1 aromatic rings. The lowest BCUT2D eigenvalue weighted by molar-refractivity contribution is 0.392. The first-order valence-corrected chi connectivity index (χ1v) is 8.77. The summed E-state index contributed by atoms with van der Waals surface area (Å²) in [6.07, 6.45) is 5.17. The lowest BCUT2D eigenvalue weighted by Crippen LogP contribution is -2.39.